The molecule has 0 radical (unpaired) electrons. The van der Waals surface area contributed by atoms with Gasteiger partial charge in [-0.3, -0.25) is 4.98 Å². The molecule has 4 aromatic rings. The zero-order valence-corrected chi connectivity index (χ0v) is 23.4. The van der Waals surface area contributed by atoms with Crippen LogP contribution in [0.15, 0.2) is 42.7 Å². The summed E-state index contributed by atoms with van der Waals surface area (Å²) in [5.74, 6) is 3.38. The molecule has 200 valence electrons. The topological polar surface area (TPSA) is 71.2 Å². The summed E-state index contributed by atoms with van der Waals surface area (Å²) in [6.45, 7) is 10.6. The van der Waals surface area contributed by atoms with Crippen molar-refractivity contribution in [3.63, 3.8) is 0 Å². The predicted molar refractivity (Wildman–Crippen MR) is 156 cm³/mol. The average molecular weight is 512 g/mol. The van der Waals surface area contributed by atoms with E-state index in [4.69, 9.17) is 4.98 Å². The smallest absolute Gasteiger partial charge is 0.227 e. The van der Waals surface area contributed by atoms with Crippen LogP contribution in [0.25, 0.3) is 16.6 Å². The molecule has 1 aliphatic carbocycles. The minimum atomic E-state index is 0.768. The van der Waals surface area contributed by atoms with Crippen molar-refractivity contribution in [3.8, 4) is 11.1 Å². The molecule has 1 saturated carbocycles. The molecular weight excluding hydrogens is 470 g/mol. The minimum absolute atomic E-state index is 0.768. The van der Waals surface area contributed by atoms with Crippen LogP contribution < -0.4 is 10.2 Å². The Kier molecular flexibility index (Phi) is 8.20. The van der Waals surface area contributed by atoms with Crippen molar-refractivity contribution in [1.29, 1.82) is 0 Å². The molecule has 38 heavy (non-hydrogen) atoms. The molecule has 7 nitrogen and oxygen atoms in total. The lowest BCUT2D eigenvalue weighted by atomic mass is 9.91. The summed E-state index contributed by atoms with van der Waals surface area (Å²) in [7, 11) is 0. The molecule has 7 heteroatoms. The number of aryl methyl sites for hydroxylation is 3. The van der Waals surface area contributed by atoms with Crippen molar-refractivity contribution < 1.29 is 0 Å². The van der Waals surface area contributed by atoms with E-state index < -0.39 is 0 Å². The van der Waals surface area contributed by atoms with Gasteiger partial charge in [0.25, 0.3) is 0 Å². The van der Waals surface area contributed by atoms with Gasteiger partial charge in [-0.2, -0.15) is 10.1 Å². The van der Waals surface area contributed by atoms with Crippen molar-refractivity contribution >= 4 is 23.1 Å². The zero-order chi connectivity index (χ0) is 26.5. The third-order valence-electron chi connectivity index (χ3n) is 7.66. The molecule has 0 spiro atoms. The lowest BCUT2D eigenvalue weighted by molar-refractivity contribution is 0.385. The first-order valence-electron chi connectivity index (χ1n) is 14.3. The zero-order valence-electron chi connectivity index (χ0n) is 23.4. The predicted octanol–water partition coefficient (Wildman–Crippen LogP) is 7.30. The highest BCUT2D eigenvalue weighted by Gasteiger charge is 2.16. The van der Waals surface area contributed by atoms with Gasteiger partial charge in [-0.1, -0.05) is 46.0 Å². The molecule has 4 aromatic heterocycles. The third kappa shape index (κ3) is 6.32. The molecule has 5 heterocycles. The fourth-order valence-corrected chi connectivity index (χ4v) is 5.48. The fourth-order valence-electron chi connectivity index (χ4n) is 5.48. The number of nitrogens with zero attached hydrogens (tertiary/aromatic N) is 6. The number of aromatic nitrogens is 5. The van der Waals surface area contributed by atoms with E-state index in [-0.39, 0.29) is 0 Å². The van der Waals surface area contributed by atoms with Gasteiger partial charge in [0.15, 0.2) is 5.82 Å². The molecule has 1 aliphatic heterocycles. The highest BCUT2D eigenvalue weighted by Crippen LogP contribution is 2.27. The largest absolute Gasteiger partial charge is 0.341 e. The Morgan fingerprint density at radius 1 is 0.895 bits per heavy atom. The number of anilines is 3. The van der Waals surface area contributed by atoms with Crippen LogP contribution in [0.4, 0.5) is 17.6 Å². The average Bonchev–Trinajstić information content (AvgIpc) is 3.59. The standard InChI is InChI=1S/C24H27N7.C7H14/c1-4-18-15-25-16(2)11-21(18)19-7-10-31-20(13-19)14-23(29-31)27-22-12-17(3)26-24(28-22)30-8-5-6-9-30;1-7-5-3-2-4-6-7/h7,10-15H,4-6,8-9H2,1-3H3,(H,26,27,28,29);7H,2-6H2,1H3. The molecular formula is C31H41N7. The van der Waals surface area contributed by atoms with Crippen LogP contribution in [0.5, 0.6) is 0 Å². The first kappa shape index (κ1) is 26.1. The van der Waals surface area contributed by atoms with Crippen LogP contribution in [0.1, 0.15) is 75.7 Å². The summed E-state index contributed by atoms with van der Waals surface area (Å²) in [4.78, 5) is 16.0. The molecule has 1 N–H and O–H groups in total. The number of pyridine rings is 2. The van der Waals surface area contributed by atoms with Crippen LogP contribution in [0.3, 0.4) is 0 Å². The summed E-state index contributed by atoms with van der Waals surface area (Å²) >= 11 is 0. The quantitative estimate of drug-likeness (QED) is 0.303. The second-order valence-electron chi connectivity index (χ2n) is 10.9. The summed E-state index contributed by atoms with van der Waals surface area (Å²) < 4.78 is 1.89. The second kappa shape index (κ2) is 11.9. The van der Waals surface area contributed by atoms with Crippen molar-refractivity contribution in [1.82, 2.24) is 24.6 Å². The monoisotopic (exact) mass is 511 g/mol. The van der Waals surface area contributed by atoms with Crippen molar-refractivity contribution in [2.75, 3.05) is 23.3 Å². The van der Waals surface area contributed by atoms with E-state index >= 15 is 0 Å². The Labute approximate surface area is 226 Å². The first-order valence-corrected chi connectivity index (χ1v) is 14.3. The van der Waals surface area contributed by atoms with Gasteiger partial charge in [0.05, 0.1) is 5.52 Å². The molecule has 6 rings (SSSR count). The molecule has 0 aromatic carbocycles. The Hall–Kier alpha value is -3.48. The molecule has 0 bridgehead atoms. The van der Waals surface area contributed by atoms with E-state index in [0.717, 1.165) is 59.9 Å². The molecule has 0 atom stereocenters. The second-order valence-corrected chi connectivity index (χ2v) is 10.9. The highest BCUT2D eigenvalue weighted by molar-refractivity contribution is 5.73. The SMILES string of the molecule is CC1CCCCC1.CCc1cnc(C)cc1-c1ccn2nc(Nc3cc(C)nc(N4CCCC4)n3)cc2c1. The van der Waals surface area contributed by atoms with Crippen LogP contribution in [0.2, 0.25) is 0 Å². The summed E-state index contributed by atoms with van der Waals surface area (Å²) in [6, 6.07) is 10.5. The van der Waals surface area contributed by atoms with Gasteiger partial charge >= 0.3 is 0 Å². The molecule has 2 aliphatic rings. The van der Waals surface area contributed by atoms with E-state index in [1.54, 1.807) is 0 Å². The first-order chi connectivity index (χ1) is 18.5. The van der Waals surface area contributed by atoms with Crippen molar-refractivity contribution in [2.24, 2.45) is 5.92 Å². The summed E-state index contributed by atoms with van der Waals surface area (Å²) in [6.07, 6.45) is 14.8. The Balaban J connectivity index is 0.000000366. The third-order valence-corrected chi connectivity index (χ3v) is 7.66. The van der Waals surface area contributed by atoms with Gasteiger partial charge in [0.2, 0.25) is 5.95 Å². The van der Waals surface area contributed by atoms with Gasteiger partial charge < -0.3 is 10.2 Å². The molecule has 2 fully saturated rings. The minimum Gasteiger partial charge on any atom is -0.341 e. The van der Waals surface area contributed by atoms with E-state index in [0.29, 0.717) is 0 Å². The maximum Gasteiger partial charge on any atom is 0.227 e. The summed E-state index contributed by atoms with van der Waals surface area (Å²) in [5.41, 5.74) is 6.66. The van der Waals surface area contributed by atoms with Gasteiger partial charge in [-0.05, 0) is 73.9 Å². The van der Waals surface area contributed by atoms with Gasteiger partial charge in [-0.25, -0.2) is 9.50 Å². The maximum atomic E-state index is 4.73. The Morgan fingerprint density at radius 3 is 2.39 bits per heavy atom. The van der Waals surface area contributed by atoms with Crippen LogP contribution in [-0.4, -0.2) is 37.7 Å². The molecule has 1 saturated heterocycles. The number of nitrogens with one attached hydrogen (secondary N) is 1. The lowest BCUT2D eigenvalue weighted by Crippen LogP contribution is -2.21. The van der Waals surface area contributed by atoms with Crippen molar-refractivity contribution in [2.45, 2.75) is 79.1 Å². The summed E-state index contributed by atoms with van der Waals surface area (Å²) in [5, 5.41) is 8.05. The van der Waals surface area contributed by atoms with E-state index in [9.17, 15) is 0 Å². The molecule has 0 amide bonds. The Bertz CT molecular complexity index is 1360. The van der Waals surface area contributed by atoms with Crippen LogP contribution in [0, 0.1) is 19.8 Å². The van der Waals surface area contributed by atoms with Gasteiger partial charge in [-0.15, -0.1) is 0 Å². The Morgan fingerprint density at radius 2 is 1.68 bits per heavy atom. The normalized spacial score (nSPS) is 15.9. The van der Waals surface area contributed by atoms with Crippen LogP contribution in [-0.2, 0) is 6.42 Å². The number of rotatable bonds is 5. The van der Waals surface area contributed by atoms with Gasteiger partial charge in [0, 0.05) is 49.0 Å². The maximum absolute atomic E-state index is 4.73. The van der Waals surface area contributed by atoms with E-state index in [1.165, 1.54) is 61.6 Å². The number of hydrogen-bond acceptors (Lipinski definition) is 6. The highest BCUT2D eigenvalue weighted by atomic mass is 15.3. The number of hydrogen-bond donors (Lipinski definition) is 1. The number of fused-ring (bicyclic) bond motifs is 1. The van der Waals surface area contributed by atoms with Crippen LogP contribution >= 0.6 is 0 Å². The fraction of sp³-hybridized carbons (Fsp3) is 0.484. The van der Waals surface area contributed by atoms with E-state index in [2.05, 4.69) is 63.4 Å². The van der Waals surface area contributed by atoms with Crippen molar-refractivity contribution in [3.05, 3.63) is 59.7 Å². The van der Waals surface area contributed by atoms with E-state index in [1.807, 2.05) is 36.8 Å². The molecule has 0 unspecified atom stereocenters. The van der Waals surface area contributed by atoms with Gasteiger partial charge in [0.1, 0.15) is 5.82 Å². The lowest BCUT2D eigenvalue weighted by Gasteiger charge is -2.16.